The van der Waals surface area contributed by atoms with Crippen LogP contribution in [0.15, 0.2) is 28.7 Å². The van der Waals surface area contributed by atoms with Crippen molar-refractivity contribution >= 4 is 23.2 Å². The molecule has 2 unspecified atom stereocenters. The molecule has 4 heteroatoms. The summed E-state index contributed by atoms with van der Waals surface area (Å²) in [6.45, 7) is 14.2. The highest BCUT2D eigenvalue weighted by Gasteiger charge is 2.25. The van der Waals surface area contributed by atoms with Gasteiger partial charge in [0.05, 0.1) is 18.6 Å². The van der Waals surface area contributed by atoms with Crippen LogP contribution in [0.4, 0.5) is 0 Å². The zero-order valence-electron chi connectivity index (χ0n) is 20.0. The Morgan fingerprint density at radius 2 is 1.97 bits per heavy atom. The molecule has 0 saturated carbocycles. The molecule has 1 aromatic heterocycles. The molecule has 2 aromatic rings. The van der Waals surface area contributed by atoms with Gasteiger partial charge in [-0.1, -0.05) is 40.7 Å². The molecule has 1 aliphatic heterocycles. The number of unbranched alkanes of at least 4 members (excludes halogenated alkanes) is 1. The molecule has 1 saturated heterocycles. The Morgan fingerprint density at radius 3 is 2.68 bits per heavy atom. The van der Waals surface area contributed by atoms with Gasteiger partial charge < -0.3 is 13.9 Å². The summed E-state index contributed by atoms with van der Waals surface area (Å²) in [6, 6.07) is 8.23. The summed E-state index contributed by atoms with van der Waals surface area (Å²) in [5, 5.41) is 1.02. The maximum absolute atomic E-state index is 6.22. The monoisotopic (exact) mass is 444 g/mol. The van der Waals surface area contributed by atoms with Crippen LogP contribution in [-0.4, -0.2) is 19.8 Å². The molecular weight excluding hydrogens is 404 g/mol. The topological polar surface area (TPSA) is 31.6 Å². The second kappa shape index (κ2) is 11.0. The van der Waals surface area contributed by atoms with E-state index in [0.29, 0.717) is 22.6 Å². The summed E-state index contributed by atoms with van der Waals surface area (Å²) in [7, 11) is 0. The largest absolute Gasteiger partial charge is 0.493 e. The standard InChI is InChI=1S/C27H40O3S/c1-19(2)15-20(3)27(4,5)12-6-7-14-29-25-17-26(31)30-24-11-10-21(16-23(24)25)22-9-8-13-28-18-22/h10-11,16-17,19-20,22H,6-9,12-15,18H2,1-5H3. The summed E-state index contributed by atoms with van der Waals surface area (Å²) in [6.07, 6.45) is 7.03. The SMILES string of the molecule is CC(C)CC(C)C(C)(C)CCCCOc1cc(=S)oc2ccc(C3CCCOC3)cc12. The fraction of sp³-hybridized carbons (Fsp3) is 0.667. The fourth-order valence-corrected chi connectivity index (χ4v) is 4.86. The van der Waals surface area contributed by atoms with E-state index in [1.807, 2.05) is 12.1 Å². The molecule has 31 heavy (non-hydrogen) atoms. The van der Waals surface area contributed by atoms with E-state index in [4.69, 9.17) is 26.1 Å². The van der Waals surface area contributed by atoms with Crippen LogP contribution in [0.25, 0.3) is 11.0 Å². The van der Waals surface area contributed by atoms with E-state index >= 15 is 0 Å². The third-order valence-corrected chi connectivity index (χ3v) is 7.19. The van der Waals surface area contributed by atoms with Crippen molar-refractivity contribution in [1.82, 2.24) is 0 Å². The molecule has 2 atom stereocenters. The Hall–Kier alpha value is -1.39. The molecule has 0 spiro atoms. The van der Waals surface area contributed by atoms with Gasteiger partial charge in [-0.3, -0.25) is 0 Å². The van der Waals surface area contributed by atoms with Crippen LogP contribution in [0, 0.1) is 22.0 Å². The Labute approximate surface area is 193 Å². The summed E-state index contributed by atoms with van der Waals surface area (Å²) < 4.78 is 18.2. The van der Waals surface area contributed by atoms with Crippen molar-refractivity contribution in [1.29, 1.82) is 0 Å². The van der Waals surface area contributed by atoms with Crippen molar-refractivity contribution in [3.63, 3.8) is 0 Å². The minimum atomic E-state index is 0.368. The number of rotatable bonds is 10. The molecule has 3 rings (SSSR count). The van der Waals surface area contributed by atoms with Gasteiger partial charge in [0, 0.05) is 18.6 Å². The second-order valence-electron chi connectivity index (χ2n) is 10.4. The lowest BCUT2D eigenvalue weighted by molar-refractivity contribution is 0.0805. The molecule has 0 amide bonds. The summed E-state index contributed by atoms with van der Waals surface area (Å²) in [5.41, 5.74) is 2.46. The van der Waals surface area contributed by atoms with Crippen molar-refractivity contribution < 1.29 is 13.9 Å². The van der Waals surface area contributed by atoms with Gasteiger partial charge in [-0.2, -0.15) is 0 Å². The molecule has 2 heterocycles. The van der Waals surface area contributed by atoms with Crippen LogP contribution >= 0.6 is 12.2 Å². The Balaban J connectivity index is 1.61. The average Bonchev–Trinajstić information content (AvgIpc) is 2.73. The highest BCUT2D eigenvalue weighted by atomic mass is 32.1. The van der Waals surface area contributed by atoms with E-state index in [1.165, 1.54) is 31.2 Å². The van der Waals surface area contributed by atoms with Gasteiger partial charge in [-0.15, -0.1) is 0 Å². The van der Waals surface area contributed by atoms with Gasteiger partial charge in [-0.05, 0) is 85.7 Å². The number of hydrogen-bond donors (Lipinski definition) is 0. The number of hydrogen-bond acceptors (Lipinski definition) is 4. The first-order valence-corrected chi connectivity index (χ1v) is 12.5. The van der Waals surface area contributed by atoms with Crippen LogP contribution in [0.3, 0.4) is 0 Å². The van der Waals surface area contributed by atoms with Crippen LogP contribution in [0.1, 0.15) is 84.6 Å². The molecular formula is C27H40O3S. The van der Waals surface area contributed by atoms with Gasteiger partial charge in [0.2, 0.25) is 0 Å². The first-order valence-electron chi connectivity index (χ1n) is 12.0. The summed E-state index contributed by atoms with van der Waals surface area (Å²) >= 11 is 5.33. The fourth-order valence-electron chi connectivity index (χ4n) is 4.67. The van der Waals surface area contributed by atoms with Crippen molar-refractivity contribution in [3.8, 4) is 5.75 Å². The summed E-state index contributed by atoms with van der Waals surface area (Å²) in [4.78, 5) is 0. The summed E-state index contributed by atoms with van der Waals surface area (Å²) in [5.74, 6) is 2.78. The predicted molar refractivity (Wildman–Crippen MR) is 132 cm³/mol. The Bertz CT molecular complexity index is 893. The van der Waals surface area contributed by atoms with Gasteiger partial charge in [0.25, 0.3) is 0 Å². The molecule has 0 N–H and O–H groups in total. The molecule has 3 nitrogen and oxygen atoms in total. The van der Waals surface area contributed by atoms with Crippen LogP contribution in [-0.2, 0) is 4.74 Å². The molecule has 1 aromatic carbocycles. The highest BCUT2D eigenvalue weighted by Crippen LogP contribution is 2.36. The third kappa shape index (κ3) is 6.79. The van der Waals surface area contributed by atoms with Crippen LogP contribution in [0.5, 0.6) is 5.75 Å². The first-order chi connectivity index (χ1) is 14.8. The highest BCUT2D eigenvalue weighted by molar-refractivity contribution is 7.71. The predicted octanol–water partition coefficient (Wildman–Crippen LogP) is 8.31. The van der Waals surface area contributed by atoms with Crippen molar-refractivity contribution in [2.75, 3.05) is 19.8 Å². The molecule has 0 aliphatic carbocycles. The quantitative estimate of drug-likeness (QED) is 0.272. The zero-order valence-corrected chi connectivity index (χ0v) is 20.9. The van der Waals surface area contributed by atoms with E-state index in [2.05, 4.69) is 46.8 Å². The molecule has 0 bridgehead atoms. The molecule has 1 fully saturated rings. The Kier molecular flexibility index (Phi) is 8.58. The van der Waals surface area contributed by atoms with E-state index in [1.54, 1.807) is 0 Å². The minimum Gasteiger partial charge on any atom is -0.493 e. The first kappa shape index (κ1) is 24.3. The average molecular weight is 445 g/mol. The van der Waals surface area contributed by atoms with Crippen molar-refractivity contribution in [3.05, 3.63) is 34.5 Å². The van der Waals surface area contributed by atoms with Gasteiger partial charge in [0.15, 0.2) is 4.71 Å². The molecule has 1 aliphatic rings. The maximum Gasteiger partial charge on any atom is 0.194 e. The third-order valence-electron chi connectivity index (χ3n) is 6.99. The second-order valence-corrected chi connectivity index (χ2v) is 10.8. The maximum atomic E-state index is 6.22. The number of fused-ring (bicyclic) bond motifs is 1. The molecule has 172 valence electrons. The lowest BCUT2D eigenvalue weighted by atomic mass is 9.73. The van der Waals surface area contributed by atoms with Crippen molar-refractivity contribution in [2.45, 2.75) is 79.1 Å². The zero-order chi connectivity index (χ0) is 22.4. The molecule has 0 radical (unpaired) electrons. The normalized spacial score (nSPS) is 18.5. The van der Waals surface area contributed by atoms with Crippen LogP contribution in [0.2, 0.25) is 0 Å². The van der Waals surface area contributed by atoms with E-state index in [0.717, 1.165) is 54.6 Å². The van der Waals surface area contributed by atoms with Gasteiger partial charge >= 0.3 is 0 Å². The van der Waals surface area contributed by atoms with E-state index in [9.17, 15) is 0 Å². The van der Waals surface area contributed by atoms with Crippen LogP contribution < -0.4 is 4.74 Å². The Morgan fingerprint density at radius 1 is 1.16 bits per heavy atom. The lowest BCUT2D eigenvalue weighted by Crippen LogP contribution is -2.23. The lowest BCUT2D eigenvalue weighted by Gasteiger charge is -2.33. The number of ether oxygens (including phenoxy) is 2. The number of benzene rings is 1. The minimum absolute atomic E-state index is 0.368. The smallest absolute Gasteiger partial charge is 0.194 e. The van der Waals surface area contributed by atoms with Gasteiger partial charge in [-0.25, -0.2) is 0 Å². The van der Waals surface area contributed by atoms with Crippen molar-refractivity contribution in [2.24, 2.45) is 17.3 Å². The van der Waals surface area contributed by atoms with Gasteiger partial charge in [0.1, 0.15) is 11.3 Å². The van der Waals surface area contributed by atoms with E-state index < -0.39 is 0 Å². The van der Waals surface area contributed by atoms with E-state index in [-0.39, 0.29) is 0 Å².